The lowest BCUT2D eigenvalue weighted by Gasteiger charge is -2.33. The molecule has 23 heavy (non-hydrogen) atoms. The Bertz CT molecular complexity index is 767. The summed E-state index contributed by atoms with van der Waals surface area (Å²) in [5, 5.41) is 20.1. The van der Waals surface area contributed by atoms with Crippen LogP contribution in [-0.4, -0.2) is 25.7 Å². The molecule has 2 atom stereocenters. The summed E-state index contributed by atoms with van der Waals surface area (Å²) in [7, 11) is 0. The zero-order valence-corrected chi connectivity index (χ0v) is 12.6. The molecule has 1 N–H and O–H groups in total. The van der Waals surface area contributed by atoms with Crippen molar-refractivity contribution in [3.8, 4) is 6.07 Å². The summed E-state index contributed by atoms with van der Waals surface area (Å²) in [5.41, 5.74) is 1.48. The molecule has 9 heteroatoms. The van der Waals surface area contributed by atoms with Crippen LogP contribution in [0.1, 0.15) is 42.2 Å². The van der Waals surface area contributed by atoms with E-state index in [0.29, 0.717) is 17.8 Å². The Kier molecular flexibility index (Phi) is 3.55. The summed E-state index contributed by atoms with van der Waals surface area (Å²) in [6.07, 6.45) is -1.73. The number of aryl methyl sites for hydroxylation is 2. The molecule has 6 nitrogen and oxygen atoms in total. The molecule has 1 aliphatic rings. The van der Waals surface area contributed by atoms with Crippen LogP contribution < -0.4 is 5.32 Å². The van der Waals surface area contributed by atoms with Crippen LogP contribution >= 0.6 is 0 Å². The number of nitrogens with one attached hydrogen (secondary N) is 1. The Morgan fingerprint density at radius 2 is 2.22 bits per heavy atom. The van der Waals surface area contributed by atoms with Gasteiger partial charge in [0.1, 0.15) is 17.5 Å². The van der Waals surface area contributed by atoms with Gasteiger partial charge in [-0.05, 0) is 13.8 Å². The number of anilines is 1. The molecule has 1 aliphatic heterocycles. The smallest absolute Gasteiger partial charge is 0.362 e. The van der Waals surface area contributed by atoms with E-state index in [1.807, 2.05) is 13.0 Å². The number of halogens is 3. The maximum absolute atomic E-state index is 13.4. The minimum absolute atomic E-state index is 0.101. The predicted octanol–water partition coefficient (Wildman–Crippen LogP) is 2.94. The second-order valence-corrected chi connectivity index (χ2v) is 5.48. The summed E-state index contributed by atoms with van der Waals surface area (Å²) in [6.45, 7) is 4.31. The predicted molar refractivity (Wildman–Crippen MR) is 75.7 cm³/mol. The van der Waals surface area contributed by atoms with E-state index in [2.05, 4.69) is 15.5 Å². The van der Waals surface area contributed by atoms with Crippen LogP contribution in [0.4, 0.5) is 19.0 Å². The molecule has 0 saturated carbocycles. The molecule has 3 heterocycles. The average Bonchev–Trinajstić information content (AvgIpc) is 3.07. The fraction of sp³-hybridized carbons (Fsp3) is 0.500. The number of nitriles is 1. The van der Waals surface area contributed by atoms with Gasteiger partial charge in [-0.15, -0.1) is 0 Å². The van der Waals surface area contributed by atoms with Gasteiger partial charge < -0.3 is 5.32 Å². The van der Waals surface area contributed by atoms with E-state index in [0.717, 1.165) is 10.9 Å². The third kappa shape index (κ3) is 2.54. The Morgan fingerprint density at radius 3 is 2.78 bits per heavy atom. The fourth-order valence-corrected chi connectivity index (χ4v) is 2.89. The van der Waals surface area contributed by atoms with E-state index in [1.54, 1.807) is 17.8 Å². The monoisotopic (exact) mass is 324 g/mol. The Hall–Kier alpha value is -2.50. The zero-order valence-electron chi connectivity index (χ0n) is 12.6. The Balaban J connectivity index is 2.05. The molecule has 3 rings (SSSR count). The molecule has 0 aliphatic carbocycles. The van der Waals surface area contributed by atoms with Gasteiger partial charge in [0.05, 0.1) is 17.9 Å². The highest BCUT2D eigenvalue weighted by molar-refractivity contribution is 5.54. The van der Waals surface area contributed by atoms with Crippen molar-refractivity contribution in [1.29, 1.82) is 5.26 Å². The largest absolute Gasteiger partial charge is 0.410 e. The molecule has 0 radical (unpaired) electrons. The molecule has 122 valence electrons. The molecule has 0 spiro atoms. The Morgan fingerprint density at radius 1 is 1.48 bits per heavy atom. The van der Waals surface area contributed by atoms with Gasteiger partial charge in [0.15, 0.2) is 6.04 Å². The summed E-state index contributed by atoms with van der Waals surface area (Å²) >= 11 is 0. The fourth-order valence-electron chi connectivity index (χ4n) is 2.89. The van der Waals surface area contributed by atoms with Crippen molar-refractivity contribution in [2.45, 2.75) is 45.1 Å². The third-order valence-electron chi connectivity index (χ3n) is 4.04. The number of alkyl halides is 3. The molecule has 0 unspecified atom stereocenters. The van der Waals surface area contributed by atoms with Crippen molar-refractivity contribution in [3.05, 3.63) is 29.2 Å². The molecule has 0 bridgehead atoms. The zero-order chi connectivity index (χ0) is 16.8. The molecule has 2 aromatic rings. The first-order valence-electron chi connectivity index (χ1n) is 7.20. The lowest BCUT2D eigenvalue weighted by molar-refractivity contribution is -0.173. The van der Waals surface area contributed by atoms with Crippen LogP contribution in [0.3, 0.4) is 0 Å². The van der Waals surface area contributed by atoms with E-state index in [9.17, 15) is 13.2 Å². The highest BCUT2D eigenvalue weighted by atomic mass is 19.4. The van der Waals surface area contributed by atoms with Gasteiger partial charge >= 0.3 is 6.18 Å². The standard InChI is InChI=1S/C14H15F3N6/c1-3-22-7-10(8(2)21-22)11-4-12(14(15,16)17)23-13(20-11)9(5-18)6-19-23/h6-7,11-12,20H,3-4H2,1-2H3/t11-,12-/m0/s1. The quantitative estimate of drug-likeness (QED) is 0.922. The second kappa shape index (κ2) is 5.30. The van der Waals surface area contributed by atoms with Crippen LogP contribution in [-0.2, 0) is 6.54 Å². The van der Waals surface area contributed by atoms with Crippen molar-refractivity contribution < 1.29 is 13.2 Å². The van der Waals surface area contributed by atoms with Crippen LogP contribution in [0.5, 0.6) is 0 Å². The summed E-state index contributed by atoms with van der Waals surface area (Å²) < 4.78 is 42.7. The van der Waals surface area contributed by atoms with E-state index in [1.165, 1.54) is 0 Å². The summed E-state index contributed by atoms with van der Waals surface area (Å²) in [5.74, 6) is 0.106. The number of fused-ring (bicyclic) bond motifs is 1. The molecule has 2 aromatic heterocycles. The summed E-state index contributed by atoms with van der Waals surface area (Å²) in [4.78, 5) is 0. The average molecular weight is 324 g/mol. The minimum atomic E-state index is -4.44. The van der Waals surface area contributed by atoms with Crippen LogP contribution in [0.2, 0.25) is 0 Å². The van der Waals surface area contributed by atoms with Crippen molar-refractivity contribution in [1.82, 2.24) is 19.6 Å². The normalized spacial score (nSPS) is 20.7. The third-order valence-corrected chi connectivity index (χ3v) is 4.04. The number of aromatic nitrogens is 4. The van der Waals surface area contributed by atoms with Crippen molar-refractivity contribution in [2.75, 3.05) is 5.32 Å². The molecule has 0 amide bonds. The first-order chi connectivity index (χ1) is 10.8. The van der Waals surface area contributed by atoms with Crippen molar-refractivity contribution in [3.63, 3.8) is 0 Å². The molecule has 0 saturated heterocycles. The van der Waals surface area contributed by atoms with Crippen LogP contribution in [0.25, 0.3) is 0 Å². The maximum Gasteiger partial charge on any atom is 0.410 e. The van der Waals surface area contributed by atoms with Crippen LogP contribution in [0.15, 0.2) is 12.4 Å². The highest BCUT2D eigenvalue weighted by Crippen LogP contribution is 2.44. The Labute approximate surface area is 130 Å². The minimum Gasteiger partial charge on any atom is -0.362 e. The number of nitrogens with zero attached hydrogens (tertiary/aromatic N) is 5. The van der Waals surface area contributed by atoms with Gasteiger partial charge in [-0.2, -0.15) is 28.6 Å². The summed E-state index contributed by atoms with van der Waals surface area (Å²) in [6, 6.07) is -0.463. The van der Waals surface area contributed by atoms with Crippen molar-refractivity contribution in [2.24, 2.45) is 0 Å². The van der Waals surface area contributed by atoms with Gasteiger partial charge in [-0.3, -0.25) is 4.68 Å². The number of hydrogen-bond acceptors (Lipinski definition) is 4. The second-order valence-electron chi connectivity index (χ2n) is 5.48. The number of hydrogen-bond donors (Lipinski definition) is 1. The molecular formula is C14H15F3N6. The van der Waals surface area contributed by atoms with Gasteiger partial charge in [-0.1, -0.05) is 0 Å². The first kappa shape index (κ1) is 15.4. The van der Waals surface area contributed by atoms with E-state index < -0.39 is 18.3 Å². The van der Waals surface area contributed by atoms with Gasteiger partial charge in [0.25, 0.3) is 0 Å². The molecule has 0 aromatic carbocycles. The SMILES string of the molecule is CCn1cc([C@@H]2C[C@@H](C(F)(F)F)n3ncc(C#N)c3N2)c(C)n1. The van der Waals surface area contributed by atoms with Gasteiger partial charge in [-0.25, -0.2) is 4.68 Å². The van der Waals surface area contributed by atoms with E-state index >= 15 is 0 Å². The van der Waals surface area contributed by atoms with E-state index in [4.69, 9.17) is 5.26 Å². The van der Waals surface area contributed by atoms with E-state index in [-0.39, 0.29) is 17.8 Å². The highest BCUT2D eigenvalue weighted by Gasteiger charge is 2.47. The van der Waals surface area contributed by atoms with Crippen molar-refractivity contribution >= 4 is 5.82 Å². The topological polar surface area (TPSA) is 71.5 Å². The van der Waals surface area contributed by atoms with Gasteiger partial charge in [0, 0.05) is 24.7 Å². The molecule has 0 fully saturated rings. The lowest BCUT2D eigenvalue weighted by atomic mass is 9.97. The van der Waals surface area contributed by atoms with Gasteiger partial charge in [0.2, 0.25) is 0 Å². The first-order valence-corrected chi connectivity index (χ1v) is 7.20. The van der Waals surface area contributed by atoms with Crippen LogP contribution in [0, 0.1) is 18.3 Å². The maximum atomic E-state index is 13.4. The molecular weight excluding hydrogens is 309 g/mol. The lowest BCUT2D eigenvalue weighted by Crippen LogP contribution is -2.36. The number of rotatable bonds is 2.